The first kappa shape index (κ1) is 16.5. The number of alkyl halides is 2. The van der Waals surface area contributed by atoms with Crippen LogP contribution in [0.1, 0.15) is 18.9 Å². The molecule has 5 nitrogen and oxygen atoms in total. The number of benzene rings is 1. The molecule has 0 aromatic heterocycles. The normalized spacial score (nSPS) is 21.9. The Morgan fingerprint density at radius 2 is 2.14 bits per heavy atom. The number of nitrogens with one attached hydrogen (secondary N) is 1. The van der Waals surface area contributed by atoms with Crippen molar-refractivity contribution in [1.82, 2.24) is 10.2 Å². The lowest BCUT2D eigenvalue weighted by Gasteiger charge is -2.46. The molecular weight excluding hydrogens is 294 g/mol. The highest BCUT2D eigenvalue weighted by atomic mass is 19.3. The summed E-state index contributed by atoms with van der Waals surface area (Å²) in [5.74, 6) is 0.0983. The first-order chi connectivity index (χ1) is 10.5. The molecule has 0 spiro atoms. The van der Waals surface area contributed by atoms with Crippen molar-refractivity contribution in [2.24, 2.45) is 0 Å². The highest BCUT2D eigenvalue weighted by molar-refractivity contribution is 5.66. The molecule has 2 N–H and O–H groups in total. The van der Waals surface area contributed by atoms with Gasteiger partial charge in [0, 0.05) is 19.6 Å². The quantitative estimate of drug-likeness (QED) is 0.877. The Bertz CT molecular complexity index is 510. The van der Waals surface area contributed by atoms with Crippen molar-refractivity contribution in [2.45, 2.75) is 31.9 Å². The third kappa shape index (κ3) is 3.65. The first-order valence-electron chi connectivity index (χ1n) is 7.22. The predicted octanol–water partition coefficient (Wildman–Crippen LogP) is 2.56. The van der Waals surface area contributed by atoms with E-state index >= 15 is 0 Å². The van der Waals surface area contributed by atoms with Crippen LogP contribution in [0.2, 0.25) is 0 Å². The zero-order valence-electron chi connectivity index (χ0n) is 12.4. The largest absolute Gasteiger partial charge is 0.465 e. The number of hydrogen-bond acceptors (Lipinski definition) is 3. The summed E-state index contributed by atoms with van der Waals surface area (Å²) in [5.41, 5.74) is 0.369. The zero-order valence-corrected chi connectivity index (χ0v) is 12.4. The Hall–Kier alpha value is -1.89. The van der Waals surface area contributed by atoms with E-state index in [1.807, 2.05) is 6.92 Å². The van der Waals surface area contributed by atoms with Gasteiger partial charge in [0.2, 0.25) is 0 Å². The molecule has 7 heteroatoms. The molecule has 1 heterocycles. The van der Waals surface area contributed by atoms with Crippen LogP contribution in [-0.2, 0) is 6.42 Å². The Balaban J connectivity index is 2.16. The Kier molecular flexibility index (Phi) is 5.18. The first-order valence-corrected chi connectivity index (χ1v) is 7.22. The molecule has 1 saturated heterocycles. The average Bonchev–Trinajstić information content (AvgIpc) is 2.49. The molecule has 1 atom stereocenters. The van der Waals surface area contributed by atoms with Crippen molar-refractivity contribution in [1.29, 1.82) is 0 Å². The molecule has 1 aromatic rings. The van der Waals surface area contributed by atoms with Gasteiger partial charge in [-0.1, -0.05) is 19.1 Å². The monoisotopic (exact) mass is 314 g/mol. The number of halogens is 2. The summed E-state index contributed by atoms with van der Waals surface area (Å²) < 4.78 is 28.6. The van der Waals surface area contributed by atoms with Gasteiger partial charge >= 0.3 is 12.7 Å². The number of amides is 1. The van der Waals surface area contributed by atoms with Crippen LogP contribution in [-0.4, -0.2) is 47.9 Å². The highest BCUT2D eigenvalue weighted by Crippen LogP contribution is 2.27. The minimum Gasteiger partial charge on any atom is -0.465 e. The van der Waals surface area contributed by atoms with Crippen LogP contribution in [0.3, 0.4) is 0 Å². The minimum atomic E-state index is -2.85. The van der Waals surface area contributed by atoms with Crippen molar-refractivity contribution in [2.75, 3.05) is 19.6 Å². The fourth-order valence-corrected chi connectivity index (χ4v) is 2.91. The van der Waals surface area contributed by atoms with Crippen molar-refractivity contribution in [3.63, 3.8) is 0 Å². The van der Waals surface area contributed by atoms with Crippen molar-refractivity contribution < 1.29 is 23.4 Å². The topological polar surface area (TPSA) is 61.8 Å². The van der Waals surface area contributed by atoms with Crippen LogP contribution < -0.4 is 10.1 Å². The summed E-state index contributed by atoms with van der Waals surface area (Å²) in [6.45, 7) is 0.755. The molecule has 1 aromatic carbocycles. The summed E-state index contributed by atoms with van der Waals surface area (Å²) in [7, 11) is 0. The van der Waals surface area contributed by atoms with Gasteiger partial charge in [0.05, 0.1) is 5.54 Å². The molecule has 1 aliphatic heterocycles. The SMILES string of the molecule is CCC1(Cc2ccc(OC(F)F)cc2)CNCCN1C(=O)O. The summed E-state index contributed by atoms with van der Waals surface area (Å²) in [4.78, 5) is 13.0. The standard InChI is InChI=1S/C15H20F2N2O3/c1-2-15(10-18-7-8-19(15)14(20)21)9-11-3-5-12(6-4-11)22-13(16)17/h3-6,13,18H,2,7-10H2,1H3,(H,20,21). The molecule has 1 unspecified atom stereocenters. The summed E-state index contributed by atoms with van der Waals surface area (Å²) >= 11 is 0. The van der Waals surface area contributed by atoms with Gasteiger partial charge in [-0.15, -0.1) is 0 Å². The van der Waals surface area contributed by atoms with Crippen LogP contribution in [0.15, 0.2) is 24.3 Å². The van der Waals surface area contributed by atoms with E-state index < -0.39 is 18.2 Å². The Morgan fingerprint density at radius 3 is 2.68 bits per heavy atom. The van der Waals surface area contributed by atoms with Gasteiger partial charge in [-0.2, -0.15) is 8.78 Å². The number of nitrogens with zero attached hydrogens (tertiary/aromatic N) is 1. The molecule has 2 rings (SSSR count). The number of hydrogen-bond donors (Lipinski definition) is 2. The van der Waals surface area contributed by atoms with Crippen molar-refractivity contribution >= 4 is 6.09 Å². The van der Waals surface area contributed by atoms with E-state index in [2.05, 4.69) is 10.1 Å². The van der Waals surface area contributed by atoms with Gasteiger partial charge in [-0.05, 0) is 30.5 Å². The van der Waals surface area contributed by atoms with Crippen LogP contribution in [0.5, 0.6) is 5.75 Å². The van der Waals surface area contributed by atoms with E-state index in [0.717, 1.165) is 5.56 Å². The zero-order chi connectivity index (χ0) is 16.2. The minimum absolute atomic E-state index is 0.0983. The van der Waals surface area contributed by atoms with Crippen LogP contribution in [0.4, 0.5) is 13.6 Å². The van der Waals surface area contributed by atoms with Gasteiger partial charge < -0.3 is 15.2 Å². The van der Waals surface area contributed by atoms with Gasteiger partial charge in [0.15, 0.2) is 0 Å². The highest BCUT2D eigenvalue weighted by Gasteiger charge is 2.40. The Morgan fingerprint density at radius 1 is 1.45 bits per heavy atom. The molecule has 1 fully saturated rings. The van der Waals surface area contributed by atoms with Gasteiger partial charge in [0.1, 0.15) is 5.75 Å². The lowest BCUT2D eigenvalue weighted by molar-refractivity contribution is -0.0498. The molecule has 0 radical (unpaired) electrons. The van der Waals surface area contributed by atoms with Gasteiger partial charge in [0.25, 0.3) is 0 Å². The molecule has 1 amide bonds. The van der Waals surface area contributed by atoms with Crippen molar-refractivity contribution in [3.05, 3.63) is 29.8 Å². The van der Waals surface area contributed by atoms with E-state index in [1.54, 1.807) is 12.1 Å². The third-order valence-electron chi connectivity index (χ3n) is 4.11. The van der Waals surface area contributed by atoms with Gasteiger partial charge in [-0.25, -0.2) is 4.79 Å². The van der Waals surface area contributed by atoms with E-state index in [4.69, 9.17) is 0 Å². The van der Waals surface area contributed by atoms with E-state index in [9.17, 15) is 18.7 Å². The number of carbonyl (C=O) groups is 1. The lowest BCUT2D eigenvalue weighted by Crippen LogP contribution is -2.63. The summed E-state index contributed by atoms with van der Waals surface area (Å²) in [5, 5.41) is 12.7. The number of carboxylic acid groups (broad SMARTS) is 1. The van der Waals surface area contributed by atoms with Crippen molar-refractivity contribution in [3.8, 4) is 5.75 Å². The molecule has 0 aliphatic carbocycles. The summed E-state index contributed by atoms with van der Waals surface area (Å²) in [6, 6.07) is 6.35. The maximum Gasteiger partial charge on any atom is 0.407 e. The number of piperazine rings is 1. The van der Waals surface area contributed by atoms with E-state index in [-0.39, 0.29) is 5.75 Å². The second-order valence-corrected chi connectivity index (χ2v) is 5.39. The van der Waals surface area contributed by atoms with E-state index in [1.165, 1.54) is 17.0 Å². The lowest BCUT2D eigenvalue weighted by atomic mass is 9.85. The van der Waals surface area contributed by atoms with E-state index in [0.29, 0.717) is 32.5 Å². The number of rotatable bonds is 5. The molecule has 1 aliphatic rings. The predicted molar refractivity (Wildman–Crippen MR) is 77.4 cm³/mol. The Labute approximate surface area is 127 Å². The second-order valence-electron chi connectivity index (χ2n) is 5.39. The van der Waals surface area contributed by atoms with Gasteiger partial charge in [-0.3, -0.25) is 4.90 Å². The summed E-state index contributed by atoms with van der Waals surface area (Å²) in [6.07, 6.45) is 0.264. The average molecular weight is 314 g/mol. The fraction of sp³-hybridized carbons (Fsp3) is 0.533. The maximum absolute atomic E-state index is 12.1. The smallest absolute Gasteiger partial charge is 0.407 e. The molecule has 122 valence electrons. The number of ether oxygens (including phenoxy) is 1. The molecule has 22 heavy (non-hydrogen) atoms. The van der Waals surface area contributed by atoms with Crippen LogP contribution in [0, 0.1) is 0 Å². The van der Waals surface area contributed by atoms with Crippen LogP contribution in [0.25, 0.3) is 0 Å². The third-order valence-corrected chi connectivity index (χ3v) is 4.11. The molecule has 0 saturated carbocycles. The second kappa shape index (κ2) is 6.91. The molecular formula is C15H20F2N2O3. The fourth-order valence-electron chi connectivity index (χ4n) is 2.91. The van der Waals surface area contributed by atoms with Crippen LogP contribution >= 0.6 is 0 Å². The molecule has 0 bridgehead atoms. The maximum atomic E-state index is 12.1.